The second-order valence-corrected chi connectivity index (χ2v) is 8.55. The lowest BCUT2D eigenvalue weighted by Gasteiger charge is -2.02. The van der Waals surface area contributed by atoms with Gasteiger partial charge in [-0.2, -0.15) is 0 Å². The molecule has 1 atom stereocenters. The fourth-order valence-corrected chi connectivity index (χ4v) is 5.08. The lowest BCUT2D eigenvalue weighted by molar-refractivity contribution is 0.102. The third-order valence-electron chi connectivity index (χ3n) is 4.70. The van der Waals surface area contributed by atoms with Crippen molar-refractivity contribution in [2.75, 3.05) is 11.9 Å². The number of nitrogens with one attached hydrogen (secondary N) is 1. The van der Waals surface area contributed by atoms with Gasteiger partial charge < -0.3 is 4.74 Å². The van der Waals surface area contributed by atoms with Crippen molar-refractivity contribution in [3.63, 3.8) is 0 Å². The quantitative estimate of drug-likeness (QED) is 0.541. The number of thiazole rings is 1. The van der Waals surface area contributed by atoms with Crippen molar-refractivity contribution in [1.82, 2.24) is 19.6 Å². The number of benzene rings is 1. The molecule has 1 N–H and O–H groups in total. The molecule has 1 aliphatic heterocycles. The molecule has 1 aromatic carbocycles. The number of carbonyl (C=O) groups is 1. The topological polar surface area (TPSA) is 81.4 Å². The molecule has 0 aliphatic carbocycles. The molecule has 9 heteroatoms. The zero-order valence-corrected chi connectivity index (χ0v) is 16.7. The Labute approximate surface area is 169 Å². The van der Waals surface area contributed by atoms with Crippen LogP contribution >= 0.6 is 22.7 Å². The van der Waals surface area contributed by atoms with Crippen LogP contribution in [0.3, 0.4) is 0 Å². The van der Waals surface area contributed by atoms with Crippen LogP contribution in [0.1, 0.15) is 39.3 Å². The van der Waals surface area contributed by atoms with Gasteiger partial charge in [-0.3, -0.25) is 14.5 Å². The Hall–Kier alpha value is -2.62. The second-order valence-electron chi connectivity index (χ2n) is 6.56. The lowest BCUT2D eigenvalue weighted by Crippen LogP contribution is -2.11. The number of anilines is 1. The molecule has 5 rings (SSSR count). The van der Waals surface area contributed by atoms with Gasteiger partial charge in [-0.05, 0) is 19.8 Å². The van der Waals surface area contributed by atoms with Gasteiger partial charge in [-0.25, -0.2) is 4.98 Å². The average Bonchev–Trinajstić information content (AvgIpc) is 3.48. The maximum Gasteiger partial charge on any atom is 0.269 e. The van der Waals surface area contributed by atoms with E-state index in [1.165, 1.54) is 22.7 Å². The molecule has 1 saturated heterocycles. The number of rotatable bonds is 4. The van der Waals surface area contributed by atoms with Crippen LogP contribution in [0.5, 0.6) is 0 Å². The molecule has 1 fully saturated rings. The van der Waals surface area contributed by atoms with Crippen LogP contribution in [0.25, 0.3) is 16.2 Å². The summed E-state index contributed by atoms with van der Waals surface area (Å²) in [6, 6.07) is 10.0. The van der Waals surface area contributed by atoms with E-state index < -0.39 is 0 Å². The molecule has 3 aromatic heterocycles. The van der Waals surface area contributed by atoms with Gasteiger partial charge in [-0.15, -0.1) is 10.2 Å². The first-order valence-corrected chi connectivity index (χ1v) is 10.6. The van der Waals surface area contributed by atoms with E-state index in [-0.39, 0.29) is 12.0 Å². The maximum atomic E-state index is 12.8. The number of hydrogen-bond acceptors (Lipinski definition) is 7. The molecule has 28 heavy (non-hydrogen) atoms. The largest absolute Gasteiger partial charge is 0.371 e. The normalized spacial score (nSPS) is 16.7. The zero-order valence-electron chi connectivity index (χ0n) is 15.1. The van der Waals surface area contributed by atoms with Crippen molar-refractivity contribution in [3.8, 4) is 11.3 Å². The fourth-order valence-electron chi connectivity index (χ4n) is 3.25. The average molecular weight is 412 g/mol. The van der Waals surface area contributed by atoms with E-state index in [9.17, 15) is 4.79 Å². The van der Waals surface area contributed by atoms with Crippen LogP contribution in [-0.2, 0) is 4.74 Å². The van der Waals surface area contributed by atoms with Crippen molar-refractivity contribution in [1.29, 1.82) is 0 Å². The number of aryl methyl sites for hydroxylation is 1. The third kappa shape index (κ3) is 3.11. The molecular formula is C19H17N5O2S2. The molecule has 0 spiro atoms. The number of amides is 1. The summed E-state index contributed by atoms with van der Waals surface area (Å²) in [5.41, 5.74) is 2.81. The van der Waals surface area contributed by atoms with Crippen molar-refractivity contribution < 1.29 is 9.53 Å². The van der Waals surface area contributed by atoms with E-state index in [2.05, 4.69) is 20.5 Å². The standard InChI is InChI=1S/C19H17N5O2S2/c1-11-15(16(25)21-18-23-22-17(28-18)14-8-5-9-26-14)27-19-20-13(10-24(11)19)12-6-3-2-4-7-12/h2-4,6-7,10,14H,5,8-9H2,1H3,(H,21,23,25). The molecule has 4 aromatic rings. The Kier molecular flexibility index (Phi) is 4.42. The van der Waals surface area contributed by atoms with Gasteiger partial charge in [0, 0.05) is 24.1 Å². The first-order valence-electron chi connectivity index (χ1n) is 8.99. The van der Waals surface area contributed by atoms with Gasteiger partial charge in [0.2, 0.25) is 5.13 Å². The van der Waals surface area contributed by atoms with Crippen LogP contribution in [0.15, 0.2) is 36.5 Å². The monoisotopic (exact) mass is 411 g/mol. The van der Waals surface area contributed by atoms with Crippen LogP contribution in [-0.4, -0.2) is 32.1 Å². The first-order chi connectivity index (χ1) is 13.7. The van der Waals surface area contributed by atoms with Gasteiger partial charge >= 0.3 is 0 Å². The summed E-state index contributed by atoms with van der Waals surface area (Å²) < 4.78 is 7.58. The highest BCUT2D eigenvalue weighted by atomic mass is 32.1. The Morgan fingerprint density at radius 2 is 2.11 bits per heavy atom. The number of aromatic nitrogens is 4. The Balaban J connectivity index is 1.37. The first kappa shape index (κ1) is 17.5. The van der Waals surface area contributed by atoms with Crippen molar-refractivity contribution in [2.45, 2.75) is 25.9 Å². The number of carbonyl (C=O) groups excluding carboxylic acids is 1. The Morgan fingerprint density at radius 1 is 1.25 bits per heavy atom. The van der Waals surface area contributed by atoms with Gasteiger partial charge in [0.05, 0.1) is 5.69 Å². The van der Waals surface area contributed by atoms with E-state index >= 15 is 0 Å². The number of fused-ring (bicyclic) bond motifs is 1. The van der Waals surface area contributed by atoms with Gasteiger partial charge in [0.25, 0.3) is 5.91 Å². The number of nitrogens with zero attached hydrogens (tertiary/aromatic N) is 4. The van der Waals surface area contributed by atoms with Gasteiger partial charge in [0.15, 0.2) is 4.96 Å². The van der Waals surface area contributed by atoms with E-state index in [1.54, 1.807) is 0 Å². The lowest BCUT2D eigenvalue weighted by atomic mass is 10.2. The minimum atomic E-state index is -0.190. The second kappa shape index (κ2) is 7.08. The molecule has 1 unspecified atom stereocenters. The van der Waals surface area contributed by atoms with Crippen LogP contribution < -0.4 is 5.32 Å². The molecule has 142 valence electrons. The minimum Gasteiger partial charge on any atom is -0.371 e. The molecule has 0 saturated carbocycles. The van der Waals surface area contributed by atoms with E-state index in [4.69, 9.17) is 4.74 Å². The SMILES string of the molecule is Cc1c(C(=O)Nc2nnc(C3CCCO3)s2)sc2nc(-c3ccccc3)cn12. The summed E-state index contributed by atoms with van der Waals surface area (Å²) >= 11 is 2.74. The van der Waals surface area contributed by atoms with E-state index in [0.29, 0.717) is 10.0 Å². The molecule has 4 heterocycles. The summed E-state index contributed by atoms with van der Waals surface area (Å²) in [5.74, 6) is -0.190. The number of imidazole rings is 1. The maximum absolute atomic E-state index is 12.8. The van der Waals surface area contributed by atoms with Gasteiger partial charge in [0.1, 0.15) is 16.0 Å². The predicted octanol–water partition coefficient (Wildman–Crippen LogP) is 4.33. The highest BCUT2D eigenvalue weighted by Gasteiger charge is 2.23. The molecule has 7 nitrogen and oxygen atoms in total. The highest BCUT2D eigenvalue weighted by Crippen LogP contribution is 2.33. The summed E-state index contributed by atoms with van der Waals surface area (Å²) in [6.07, 6.45) is 3.96. The van der Waals surface area contributed by atoms with Crippen LogP contribution in [0, 0.1) is 6.92 Å². The molecule has 0 bridgehead atoms. The number of ether oxygens (including phenoxy) is 1. The smallest absolute Gasteiger partial charge is 0.269 e. The summed E-state index contributed by atoms with van der Waals surface area (Å²) in [4.78, 5) is 18.8. The minimum absolute atomic E-state index is 0.00586. The Morgan fingerprint density at radius 3 is 2.86 bits per heavy atom. The summed E-state index contributed by atoms with van der Waals surface area (Å²) in [7, 11) is 0. The Bertz CT molecular complexity index is 1140. The fraction of sp³-hybridized carbons (Fsp3) is 0.263. The summed E-state index contributed by atoms with van der Waals surface area (Å²) in [6.45, 7) is 2.68. The molecular weight excluding hydrogens is 394 g/mol. The van der Waals surface area contributed by atoms with E-state index in [1.807, 2.05) is 47.9 Å². The molecule has 1 amide bonds. The van der Waals surface area contributed by atoms with Crippen LogP contribution in [0.2, 0.25) is 0 Å². The molecule has 1 aliphatic rings. The predicted molar refractivity (Wildman–Crippen MR) is 109 cm³/mol. The van der Waals surface area contributed by atoms with E-state index in [0.717, 1.165) is 46.4 Å². The van der Waals surface area contributed by atoms with Gasteiger partial charge in [-0.1, -0.05) is 53.0 Å². The zero-order chi connectivity index (χ0) is 19.1. The highest BCUT2D eigenvalue weighted by molar-refractivity contribution is 7.19. The van der Waals surface area contributed by atoms with Crippen molar-refractivity contribution in [3.05, 3.63) is 52.1 Å². The third-order valence-corrected chi connectivity index (χ3v) is 6.79. The van der Waals surface area contributed by atoms with Crippen molar-refractivity contribution >= 4 is 38.7 Å². The summed E-state index contributed by atoms with van der Waals surface area (Å²) in [5, 5.41) is 12.4. The number of hydrogen-bond donors (Lipinski definition) is 1. The van der Waals surface area contributed by atoms with Crippen molar-refractivity contribution in [2.24, 2.45) is 0 Å². The molecule has 0 radical (unpaired) electrons. The van der Waals surface area contributed by atoms with Crippen LogP contribution in [0.4, 0.5) is 5.13 Å².